The van der Waals surface area contributed by atoms with Gasteiger partial charge in [-0.05, 0) is 36.2 Å². The molecule has 0 aliphatic rings. The van der Waals surface area contributed by atoms with Gasteiger partial charge in [0.15, 0.2) is 0 Å². The largest absolute Gasteiger partial charge is 0.481 e. The molecule has 0 aliphatic heterocycles. The quantitative estimate of drug-likeness (QED) is 0.939. The summed E-state index contributed by atoms with van der Waals surface area (Å²) >= 11 is 3.27. The van der Waals surface area contributed by atoms with Crippen LogP contribution >= 0.6 is 15.9 Å². The zero-order valence-corrected chi connectivity index (χ0v) is 12.0. The number of halogens is 2. The summed E-state index contributed by atoms with van der Waals surface area (Å²) in [5.74, 6) is 0.222. The van der Waals surface area contributed by atoms with E-state index in [2.05, 4.69) is 20.9 Å². The SMILES string of the molecule is COc1ncccc1C(N)Cc1cc(F)cc(Br)c1. The van der Waals surface area contributed by atoms with Crippen LogP contribution in [0.25, 0.3) is 0 Å². The van der Waals surface area contributed by atoms with Crippen molar-refractivity contribution < 1.29 is 9.13 Å². The lowest BCUT2D eigenvalue weighted by molar-refractivity contribution is 0.388. The number of aromatic nitrogens is 1. The smallest absolute Gasteiger partial charge is 0.217 e. The third-order valence-electron chi connectivity index (χ3n) is 2.77. The lowest BCUT2D eigenvalue weighted by Crippen LogP contribution is -2.15. The molecule has 1 heterocycles. The molecule has 0 fully saturated rings. The number of nitrogens with zero attached hydrogens (tertiary/aromatic N) is 1. The number of methoxy groups -OCH3 is 1. The number of hydrogen-bond acceptors (Lipinski definition) is 3. The molecule has 3 nitrogen and oxygen atoms in total. The molecule has 0 radical (unpaired) electrons. The zero-order chi connectivity index (χ0) is 13.8. The Hall–Kier alpha value is -1.46. The summed E-state index contributed by atoms with van der Waals surface area (Å²) in [5.41, 5.74) is 7.78. The number of benzene rings is 1. The van der Waals surface area contributed by atoms with E-state index < -0.39 is 0 Å². The van der Waals surface area contributed by atoms with E-state index >= 15 is 0 Å². The molecule has 5 heteroatoms. The van der Waals surface area contributed by atoms with Gasteiger partial charge in [0.05, 0.1) is 7.11 Å². The zero-order valence-electron chi connectivity index (χ0n) is 10.4. The highest BCUT2D eigenvalue weighted by atomic mass is 79.9. The monoisotopic (exact) mass is 324 g/mol. The van der Waals surface area contributed by atoms with Crippen molar-refractivity contribution in [1.29, 1.82) is 0 Å². The summed E-state index contributed by atoms with van der Waals surface area (Å²) in [5, 5.41) is 0. The van der Waals surface area contributed by atoms with Gasteiger partial charge in [-0.15, -0.1) is 0 Å². The molecule has 2 rings (SSSR count). The standard InChI is InChI=1S/C14H14BrFN2O/c1-19-14-12(3-2-4-18-14)13(17)7-9-5-10(15)8-11(16)6-9/h2-6,8,13H,7,17H2,1H3. The van der Waals surface area contributed by atoms with Gasteiger partial charge in [0.2, 0.25) is 5.88 Å². The Kier molecular flexibility index (Phi) is 4.50. The predicted molar refractivity (Wildman–Crippen MR) is 75.5 cm³/mol. The van der Waals surface area contributed by atoms with E-state index in [1.54, 1.807) is 19.4 Å². The first-order chi connectivity index (χ1) is 9.10. The van der Waals surface area contributed by atoms with Crippen molar-refractivity contribution in [2.75, 3.05) is 7.11 Å². The molecule has 100 valence electrons. The second-order valence-electron chi connectivity index (χ2n) is 4.19. The van der Waals surface area contributed by atoms with E-state index in [-0.39, 0.29) is 11.9 Å². The Morgan fingerprint density at radius 3 is 2.89 bits per heavy atom. The van der Waals surface area contributed by atoms with Crippen molar-refractivity contribution in [1.82, 2.24) is 4.98 Å². The Morgan fingerprint density at radius 2 is 2.21 bits per heavy atom. The van der Waals surface area contributed by atoms with Gasteiger partial charge in [-0.3, -0.25) is 0 Å². The molecule has 0 amide bonds. The summed E-state index contributed by atoms with van der Waals surface area (Å²) in [4.78, 5) is 4.11. The fraction of sp³-hybridized carbons (Fsp3) is 0.214. The molecule has 0 spiro atoms. The van der Waals surface area contributed by atoms with Crippen molar-refractivity contribution in [2.24, 2.45) is 5.73 Å². The van der Waals surface area contributed by atoms with Crippen LogP contribution in [0.2, 0.25) is 0 Å². The third-order valence-corrected chi connectivity index (χ3v) is 3.23. The number of nitrogens with two attached hydrogens (primary N) is 1. The molecule has 0 bridgehead atoms. The Bertz CT molecular complexity index is 557. The Balaban J connectivity index is 2.22. The average molecular weight is 325 g/mol. The highest BCUT2D eigenvalue weighted by Crippen LogP contribution is 2.25. The van der Waals surface area contributed by atoms with Crippen LogP contribution in [0.1, 0.15) is 17.2 Å². The number of pyridine rings is 1. The molecule has 1 aromatic carbocycles. The fourth-order valence-electron chi connectivity index (χ4n) is 1.95. The van der Waals surface area contributed by atoms with Crippen LogP contribution in [0.15, 0.2) is 41.0 Å². The molecule has 2 aromatic rings. The van der Waals surface area contributed by atoms with E-state index in [9.17, 15) is 4.39 Å². The van der Waals surface area contributed by atoms with E-state index in [0.717, 1.165) is 11.1 Å². The highest BCUT2D eigenvalue weighted by molar-refractivity contribution is 9.10. The van der Waals surface area contributed by atoms with Gasteiger partial charge >= 0.3 is 0 Å². The molecular weight excluding hydrogens is 311 g/mol. The summed E-state index contributed by atoms with van der Waals surface area (Å²) in [6, 6.07) is 8.13. The van der Waals surface area contributed by atoms with Crippen LogP contribution in [0, 0.1) is 5.82 Å². The van der Waals surface area contributed by atoms with Gasteiger partial charge in [-0.25, -0.2) is 9.37 Å². The van der Waals surface area contributed by atoms with Crippen molar-refractivity contribution in [2.45, 2.75) is 12.5 Å². The number of hydrogen-bond donors (Lipinski definition) is 1. The molecule has 1 aromatic heterocycles. The van der Waals surface area contributed by atoms with Crippen LogP contribution in [0.3, 0.4) is 0 Å². The molecular formula is C14H14BrFN2O. The first kappa shape index (κ1) is 14.0. The van der Waals surface area contributed by atoms with Crippen LogP contribution in [0.5, 0.6) is 5.88 Å². The van der Waals surface area contributed by atoms with Crippen molar-refractivity contribution in [3.05, 3.63) is 57.9 Å². The highest BCUT2D eigenvalue weighted by Gasteiger charge is 2.13. The molecule has 1 unspecified atom stereocenters. The third kappa shape index (κ3) is 3.52. The molecule has 0 saturated heterocycles. The van der Waals surface area contributed by atoms with Gasteiger partial charge in [-0.1, -0.05) is 22.0 Å². The maximum atomic E-state index is 13.3. The van der Waals surface area contributed by atoms with Crippen LogP contribution < -0.4 is 10.5 Å². The molecule has 1 atom stereocenters. The van der Waals surface area contributed by atoms with E-state index in [1.807, 2.05) is 12.1 Å². The minimum Gasteiger partial charge on any atom is -0.481 e. The van der Waals surface area contributed by atoms with Gasteiger partial charge in [-0.2, -0.15) is 0 Å². The fourth-order valence-corrected chi connectivity index (χ4v) is 2.46. The van der Waals surface area contributed by atoms with Crippen LogP contribution in [0.4, 0.5) is 4.39 Å². The average Bonchev–Trinajstić information content (AvgIpc) is 2.37. The minimum atomic E-state index is -0.294. The lowest BCUT2D eigenvalue weighted by atomic mass is 10.0. The molecule has 0 aliphatic carbocycles. The van der Waals surface area contributed by atoms with E-state index in [0.29, 0.717) is 16.8 Å². The predicted octanol–water partition coefficient (Wildman–Crippen LogP) is 3.23. The van der Waals surface area contributed by atoms with Crippen LogP contribution in [-0.4, -0.2) is 12.1 Å². The van der Waals surface area contributed by atoms with Crippen LogP contribution in [-0.2, 0) is 6.42 Å². The van der Waals surface area contributed by atoms with Crippen molar-refractivity contribution in [3.8, 4) is 5.88 Å². The topological polar surface area (TPSA) is 48.1 Å². The lowest BCUT2D eigenvalue weighted by Gasteiger charge is -2.15. The van der Waals surface area contributed by atoms with Gasteiger partial charge < -0.3 is 10.5 Å². The Morgan fingerprint density at radius 1 is 1.42 bits per heavy atom. The summed E-state index contributed by atoms with van der Waals surface area (Å²) in [6.45, 7) is 0. The minimum absolute atomic E-state index is 0.283. The molecule has 2 N–H and O–H groups in total. The second-order valence-corrected chi connectivity index (χ2v) is 5.11. The van der Waals surface area contributed by atoms with E-state index in [4.69, 9.17) is 10.5 Å². The number of ether oxygens (including phenoxy) is 1. The second kappa shape index (κ2) is 6.12. The summed E-state index contributed by atoms with van der Waals surface area (Å²) < 4.78 is 19.2. The maximum absolute atomic E-state index is 13.3. The summed E-state index contributed by atoms with van der Waals surface area (Å²) in [7, 11) is 1.55. The maximum Gasteiger partial charge on any atom is 0.217 e. The number of rotatable bonds is 4. The van der Waals surface area contributed by atoms with Gasteiger partial charge in [0.1, 0.15) is 5.82 Å². The first-order valence-corrected chi connectivity index (χ1v) is 6.59. The van der Waals surface area contributed by atoms with Crippen molar-refractivity contribution in [3.63, 3.8) is 0 Å². The van der Waals surface area contributed by atoms with Gasteiger partial charge in [0.25, 0.3) is 0 Å². The molecule has 19 heavy (non-hydrogen) atoms. The first-order valence-electron chi connectivity index (χ1n) is 5.79. The van der Waals surface area contributed by atoms with Gasteiger partial charge in [0, 0.05) is 22.3 Å². The van der Waals surface area contributed by atoms with E-state index in [1.165, 1.54) is 12.1 Å². The Labute approximate surface area is 119 Å². The molecule has 0 saturated carbocycles. The summed E-state index contributed by atoms with van der Waals surface area (Å²) in [6.07, 6.45) is 2.16. The normalized spacial score (nSPS) is 12.2. The van der Waals surface area contributed by atoms with Crippen molar-refractivity contribution >= 4 is 15.9 Å².